The zero-order valence-corrected chi connectivity index (χ0v) is 35.1. The molecule has 0 aromatic rings. The summed E-state index contributed by atoms with van der Waals surface area (Å²) in [6, 6.07) is 0. The third-order valence-electron chi connectivity index (χ3n) is 8.11. The maximum Gasteiger partial charge on any atom is 0.472 e. The quantitative estimate of drug-likeness (QED) is 0.0155. The third-order valence-corrected chi connectivity index (χ3v) is 9.06. The standard InChI is InChI=1S/C44H73O11P/c1-3-5-7-8-9-10-11-12-13-14-19-22-25-28-31-35-44(49)55-42(39-54-56(50,51)53-37-41(47)36-45)38-52-43(48)34-30-27-24-21-18-16-15-17-20-23-26-29-33-40(46)32-6-4-2/h6,9-10,12-13,15-16,20-21,23-24,26,29,32,40-42,45-47H,3-5,7-8,11,14,17-19,22,25,27-28,30-31,33-39H2,1-2H3,(H,50,51)/b10-9-,13-12-,16-15-,23-20-,24-21-,29-26+,32-6-/t40?,41-,42+/m0/s1. The fourth-order valence-corrected chi connectivity index (χ4v) is 5.69. The van der Waals surface area contributed by atoms with Crippen LogP contribution in [-0.2, 0) is 32.7 Å². The van der Waals surface area contributed by atoms with Crippen molar-refractivity contribution in [1.82, 2.24) is 0 Å². The summed E-state index contributed by atoms with van der Waals surface area (Å²) in [5.41, 5.74) is 0. The zero-order valence-electron chi connectivity index (χ0n) is 34.2. The number of phosphoric ester groups is 1. The number of esters is 2. The smallest absolute Gasteiger partial charge is 0.462 e. The van der Waals surface area contributed by atoms with Gasteiger partial charge in [-0.2, -0.15) is 0 Å². The summed E-state index contributed by atoms with van der Waals surface area (Å²) in [7, 11) is -4.65. The van der Waals surface area contributed by atoms with E-state index in [0.29, 0.717) is 25.7 Å². The van der Waals surface area contributed by atoms with Crippen LogP contribution in [0, 0.1) is 0 Å². The lowest BCUT2D eigenvalue weighted by molar-refractivity contribution is -0.161. The number of aliphatic hydroxyl groups is 3. The first-order chi connectivity index (χ1) is 27.1. The Bertz CT molecular complexity index is 1220. The number of unbranched alkanes of at least 4 members (excludes halogenated alkanes) is 9. The molecule has 320 valence electrons. The second-order valence-electron chi connectivity index (χ2n) is 13.5. The van der Waals surface area contributed by atoms with Gasteiger partial charge in [-0.1, -0.05) is 131 Å². The lowest BCUT2D eigenvalue weighted by atomic mass is 10.1. The van der Waals surface area contributed by atoms with Gasteiger partial charge in [0.1, 0.15) is 12.7 Å². The molecule has 56 heavy (non-hydrogen) atoms. The van der Waals surface area contributed by atoms with Gasteiger partial charge in [-0.3, -0.25) is 18.6 Å². The third kappa shape index (κ3) is 38.0. The Hall–Kier alpha value is -2.89. The van der Waals surface area contributed by atoms with Crippen molar-refractivity contribution in [3.8, 4) is 0 Å². The number of carbonyl (C=O) groups is 2. The van der Waals surface area contributed by atoms with E-state index in [9.17, 15) is 29.3 Å². The average Bonchev–Trinajstić information content (AvgIpc) is 3.18. The van der Waals surface area contributed by atoms with Crippen molar-refractivity contribution in [2.75, 3.05) is 26.4 Å². The highest BCUT2D eigenvalue weighted by Crippen LogP contribution is 2.43. The van der Waals surface area contributed by atoms with Gasteiger partial charge in [0.05, 0.1) is 25.9 Å². The van der Waals surface area contributed by atoms with Crippen LogP contribution in [0.1, 0.15) is 136 Å². The molecule has 0 saturated carbocycles. The minimum atomic E-state index is -4.65. The van der Waals surface area contributed by atoms with Gasteiger partial charge < -0.3 is 29.7 Å². The van der Waals surface area contributed by atoms with Crippen LogP contribution in [0.5, 0.6) is 0 Å². The fourth-order valence-electron chi connectivity index (χ4n) is 4.90. The fraction of sp³-hybridized carbons (Fsp3) is 0.636. The molecule has 0 spiro atoms. The van der Waals surface area contributed by atoms with E-state index in [2.05, 4.69) is 47.9 Å². The van der Waals surface area contributed by atoms with Crippen molar-refractivity contribution in [1.29, 1.82) is 0 Å². The molecular weight excluding hydrogens is 735 g/mol. The molecule has 0 bridgehead atoms. The van der Waals surface area contributed by atoms with Crippen LogP contribution < -0.4 is 0 Å². The Labute approximate surface area is 337 Å². The van der Waals surface area contributed by atoms with E-state index in [1.165, 1.54) is 19.3 Å². The van der Waals surface area contributed by atoms with E-state index in [1.54, 1.807) is 6.08 Å². The molecule has 0 aromatic heterocycles. The molecule has 11 nitrogen and oxygen atoms in total. The van der Waals surface area contributed by atoms with Gasteiger partial charge in [-0.25, -0.2) is 4.57 Å². The van der Waals surface area contributed by atoms with Gasteiger partial charge in [0.2, 0.25) is 0 Å². The average molecular weight is 809 g/mol. The van der Waals surface area contributed by atoms with Crippen LogP contribution in [0.15, 0.2) is 85.1 Å². The van der Waals surface area contributed by atoms with Gasteiger partial charge in [-0.15, -0.1) is 0 Å². The first-order valence-corrected chi connectivity index (χ1v) is 22.1. The molecule has 4 atom stereocenters. The Morgan fingerprint density at radius 1 is 0.625 bits per heavy atom. The molecule has 0 rings (SSSR count). The van der Waals surface area contributed by atoms with Crippen molar-refractivity contribution in [2.45, 2.75) is 154 Å². The molecular formula is C44H73O11P. The Kier molecular flexibility index (Phi) is 36.9. The van der Waals surface area contributed by atoms with E-state index in [4.69, 9.17) is 19.1 Å². The predicted molar refractivity (Wildman–Crippen MR) is 225 cm³/mol. The van der Waals surface area contributed by atoms with Crippen molar-refractivity contribution in [3.05, 3.63) is 85.1 Å². The van der Waals surface area contributed by atoms with E-state index in [1.807, 2.05) is 49.5 Å². The first-order valence-electron chi connectivity index (χ1n) is 20.7. The molecule has 0 amide bonds. The van der Waals surface area contributed by atoms with E-state index >= 15 is 0 Å². The highest BCUT2D eigenvalue weighted by Gasteiger charge is 2.27. The SMILES string of the molecule is CC/C=C\C(O)C/C=C/C=C\C/C=C\C/C=C\CCCC(=O)OC[C@H](COP(=O)(O)OC[C@@H](O)CO)OC(=O)CCCCCCC/C=C\C/C=C\CCCCC. The van der Waals surface area contributed by atoms with Crippen LogP contribution in [0.4, 0.5) is 0 Å². The van der Waals surface area contributed by atoms with Gasteiger partial charge in [0, 0.05) is 12.8 Å². The lowest BCUT2D eigenvalue weighted by Crippen LogP contribution is -2.29. The second kappa shape index (κ2) is 39.0. The van der Waals surface area contributed by atoms with Gasteiger partial charge in [0.15, 0.2) is 6.10 Å². The summed E-state index contributed by atoms with van der Waals surface area (Å²) in [5.74, 6) is -1.04. The van der Waals surface area contributed by atoms with E-state index in [0.717, 1.165) is 64.2 Å². The van der Waals surface area contributed by atoms with Crippen molar-refractivity contribution in [3.63, 3.8) is 0 Å². The highest BCUT2D eigenvalue weighted by molar-refractivity contribution is 7.47. The molecule has 0 aliphatic rings. The number of rotatable bonds is 37. The van der Waals surface area contributed by atoms with Crippen molar-refractivity contribution in [2.24, 2.45) is 0 Å². The van der Waals surface area contributed by atoms with Crippen molar-refractivity contribution < 1.29 is 52.9 Å². The summed E-state index contributed by atoms with van der Waals surface area (Å²) < 4.78 is 32.6. The number of carbonyl (C=O) groups excluding carboxylic acids is 2. The molecule has 0 aliphatic heterocycles. The molecule has 0 fully saturated rings. The number of hydrogen-bond donors (Lipinski definition) is 4. The number of hydrogen-bond acceptors (Lipinski definition) is 10. The van der Waals surface area contributed by atoms with E-state index < -0.39 is 57.9 Å². The molecule has 4 N–H and O–H groups in total. The number of ether oxygens (including phenoxy) is 2. The van der Waals surface area contributed by atoms with Gasteiger partial charge in [-0.05, 0) is 77.0 Å². The lowest BCUT2D eigenvalue weighted by Gasteiger charge is -2.20. The van der Waals surface area contributed by atoms with Crippen LogP contribution >= 0.6 is 7.82 Å². The number of allylic oxidation sites excluding steroid dienone is 12. The number of aliphatic hydroxyl groups excluding tert-OH is 3. The summed E-state index contributed by atoms with van der Waals surface area (Å²) >= 11 is 0. The first kappa shape index (κ1) is 53.1. The van der Waals surface area contributed by atoms with Crippen molar-refractivity contribution >= 4 is 19.8 Å². The molecule has 0 heterocycles. The molecule has 2 unspecified atom stereocenters. The monoisotopic (exact) mass is 808 g/mol. The second-order valence-corrected chi connectivity index (χ2v) is 14.9. The minimum absolute atomic E-state index is 0.137. The summed E-state index contributed by atoms with van der Waals surface area (Å²) in [6.07, 6.45) is 41.8. The van der Waals surface area contributed by atoms with Gasteiger partial charge in [0.25, 0.3) is 0 Å². The molecule has 0 saturated heterocycles. The maximum absolute atomic E-state index is 12.6. The summed E-state index contributed by atoms with van der Waals surface area (Å²) in [6.45, 7) is 1.99. The summed E-state index contributed by atoms with van der Waals surface area (Å²) in [5, 5.41) is 28.1. The maximum atomic E-state index is 12.6. The van der Waals surface area contributed by atoms with Crippen LogP contribution in [0.25, 0.3) is 0 Å². The van der Waals surface area contributed by atoms with Crippen LogP contribution in [-0.4, -0.2) is 76.9 Å². The molecule has 0 aromatic carbocycles. The molecule has 0 radical (unpaired) electrons. The topological polar surface area (TPSA) is 169 Å². The van der Waals surface area contributed by atoms with Gasteiger partial charge >= 0.3 is 19.8 Å². The Morgan fingerprint density at radius 2 is 1.18 bits per heavy atom. The minimum Gasteiger partial charge on any atom is -0.462 e. The summed E-state index contributed by atoms with van der Waals surface area (Å²) in [4.78, 5) is 34.9. The Balaban J connectivity index is 4.50. The zero-order chi connectivity index (χ0) is 41.4. The highest BCUT2D eigenvalue weighted by atomic mass is 31.2. The molecule has 12 heteroatoms. The van der Waals surface area contributed by atoms with E-state index in [-0.39, 0.29) is 19.4 Å². The largest absolute Gasteiger partial charge is 0.472 e. The predicted octanol–water partition coefficient (Wildman–Crippen LogP) is 9.63. The number of phosphoric acid groups is 1. The van der Waals surface area contributed by atoms with Crippen LogP contribution in [0.2, 0.25) is 0 Å². The molecule has 0 aliphatic carbocycles. The van der Waals surface area contributed by atoms with Crippen LogP contribution in [0.3, 0.4) is 0 Å². The Morgan fingerprint density at radius 3 is 1.84 bits per heavy atom. The normalized spacial score (nSPS) is 15.3.